The van der Waals surface area contributed by atoms with Crippen LogP contribution in [0.1, 0.15) is 11.1 Å². The van der Waals surface area contributed by atoms with Crippen molar-refractivity contribution in [3.05, 3.63) is 23.3 Å². The van der Waals surface area contributed by atoms with E-state index in [-0.39, 0.29) is 16.7 Å². The lowest BCUT2D eigenvalue weighted by Crippen LogP contribution is -2.23. The molecule has 0 unspecified atom stereocenters. The van der Waals surface area contributed by atoms with Crippen LogP contribution in [0.3, 0.4) is 0 Å². The van der Waals surface area contributed by atoms with Gasteiger partial charge in [0.1, 0.15) is 0 Å². The second kappa shape index (κ2) is 6.27. The van der Waals surface area contributed by atoms with Crippen LogP contribution in [0.5, 0.6) is 11.5 Å². The summed E-state index contributed by atoms with van der Waals surface area (Å²) in [6.45, 7) is 0. The quantitative estimate of drug-likeness (QED) is 0.334. The van der Waals surface area contributed by atoms with Crippen molar-refractivity contribution in [2.24, 2.45) is 10.8 Å². The number of methoxy groups -OCH3 is 1. The summed E-state index contributed by atoms with van der Waals surface area (Å²) in [7, 11) is 1.46. The molecule has 1 rings (SSSR count). The van der Waals surface area contributed by atoms with Crippen molar-refractivity contribution in [2.45, 2.75) is 5.88 Å². The maximum absolute atomic E-state index is 9.72. The Morgan fingerprint density at radius 1 is 1.71 bits per heavy atom. The van der Waals surface area contributed by atoms with E-state index in [1.165, 1.54) is 13.3 Å². The Balaban J connectivity index is 3.00. The average Bonchev–Trinajstić information content (AvgIpc) is 2.30. The van der Waals surface area contributed by atoms with Gasteiger partial charge in [-0.1, -0.05) is 0 Å². The first-order valence-corrected chi connectivity index (χ1v) is 5.57. The number of rotatable bonds is 4. The second-order valence-electron chi connectivity index (χ2n) is 3.10. The van der Waals surface area contributed by atoms with E-state index >= 15 is 0 Å². The van der Waals surface area contributed by atoms with E-state index < -0.39 is 0 Å². The summed E-state index contributed by atoms with van der Waals surface area (Å²) in [6.07, 6.45) is 1.50. The number of thiocarbonyl (C=S) groups is 1. The SMILES string of the molecule is COc1cc(C=NNC(N)=S)cc(CCl)c1O. The number of hydrogen-bond donors (Lipinski definition) is 3. The minimum absolute atomic E-state index is 0.0296. The van der Waals surface area contributed by atoms with E-state index in [1.807, 2.05) is 0 Å². The first kappa shape index (κ1) is 13.5. The van der Waals surface area contributed by atoms with E-state index in [0.29, 0.717) is 16.9 Å². The summed E-state index contributed by atoms with van der Waals surface area (Å²) < 4.78 is 5.01. The lowest BCUT2D eigenvalue weighted by Gasteiger charge is -2.08. The van der Waals surface area contributed by atoms with Gasteiger partial charge in [0.15, 0.2) is 16.6 Å². The molecule has 0 amide bonds. The summed E-state index contributed by atoms with van der Waals surface area (Å²) in [6, 6.07) is 3.31. The number of benzene rings is 1. The van der Waals surface area contributed by atoms with E-state index in [9.17, 15) is 5.11 Å². The fourth-order valence-corrected chi connectivity index (χ4v) is 1.45. The number of hydrazone groups is 1. The normalized spacial score (nSPS) is 10.5. The molecule has 1 aromatic carbocycles. The summed E-state index contributed by atoms with van der Waals surface area (Å²) in [4.78, 5) is 0. The molecule has 4 N–H and O–H groups in total. The van der Waals surface area contributed by atoms with Gasteiger partial charge in [-0.05, 0) is 29.9 Å². The number of aromatic hydroxyl groups is 1. The Labute approximate surface area is 109 Å². The monoisotopic (exact) mass is 273 g/mol. The maximum atomic E-state index is 9.72. The standard InChI is InChI=1S/C10H12ClN3O2S/c1-16-8-3-6(5-13-14-10(12)17)2-7(4-11)9(8)15/h2-3,5,15H,4H2,1H3,(H3,12,14,17). The molecular formula is C10H12ClN3O2S. The van der Waals surface area contributed by atoms with Crippen molar-refractivity contribution < 1.29 is 9.84 Å². The number of phenols is 1. The molecule has 0 aliphatic heterocycles. The first-order chi connectivity index (χ1) is 8.08. The highest BCUT2D eigenvalue weighted by atomic mass is 35.5. The van der Waals surface area contributed by atoms with Crippen molar-refractivity contribution in [1.82, 2.24) is 5.43 Å². The molecular weight excluding hydrogens is 262 g/mol. The molecule has 0 spiro atoms. The lowest BCUT2D eigenvalue weighted by molar-refractivity contribution is 0.371. The molecule has 0 heterocycles. The summed E-state index contributed by atoms with van der Waals surface area (Å²) in [5.41, 5.74) is 8.91. The van der Waals surface area contributed by atoms with Gasteiger partial charge < -0.3 is 15.6 Å². The van der Waals surface area contributed by atoms with Crippen molar-refractivity contribution >= 4 is 35.1 Å². The smallest absolute Gasteiger partial charge is 0.184 e. The Hall–Kier alpha value is -1.53. The number of alkyl halides is 1. The van der Waals surface area contributed by atoms with E-state index in [4.69, 9.17) is 22.1 Å². The third-order valence-corrected chi connectivity index (χ3v) is 2.31. The van der Waals surface area contributed by atoms with E-state index in [1.54, 1.807) is 12.1 Å². The summed E-state index contributed by atoms with van der Waals surface area (Å²) in [5.74, 6) is 0.536. The molecule has 0 aliphatic carbocycles. The molecule has 0 radical (unpaired) electrons. The Morgan fingerprint density at radius 3 is 2.94 bits per heavy atom. The summed E-state index contributed by atoms with van der Waals surface area (Å²) >= 11 is 10.3. The fourth-order valence-electron chi connectivity index (χ4n) is 1.19. The maximum Gasteiger partial charge on any atom is 0.184 e. The van der Waals surface area contributed by atoms with Gasteiger partial charge in [-0.25, -0.2) is 0 Å². The highest BCUT2D eigenvalue weighted by molar-refractivity contribution is 7.80. The van der Waals surface area contributed by atoms with Crippen LogP contribution >= 0.6 is 23.8 Å². The van der Waals surface area contributed by atoms with Crippen LogP contribution in [0.2, 0.25) is 0 Å². The highest BCUT2D eigenvalue weighted by Gasteiger charge is 2.08. The minimum atomic E-state index is 0.0296. The molecule has 0 bridgehead atoms. The minimum Gasteiger partial charge on any atom is -0.504 e. The molecule has 0 aliphatic rings. The lowest BCUT2D eigenvalue weighted by atomic mass is 10.1. The van der Waals surface area contributed by atoms with Crippen molar-refractivity contribution in [3.63, 3.8) is 0 Å². The molecule has 5 nitrogen and oxygen atoms in total. The number of halogens is 1. The van der Waals surface area contributed by atoms with Crippen molar-refractivity contribution in [1.29, 1.82) is 0 Å². The van der Waals surface area contributed by atoms with Gasteiger partial charge in [0.05, 0.1) is 19.2 Å². The molecule has 7 heteroatoms. The average molecular weight is 274 g/mol. The predicted octanol–water partition coefficient (Wildman–Crippen LogP) is 1.31. The Bertz CT molecular complexity index is 426. The third-order valence-electron chi connectivity index (χ3n) is 1.93. The van der Waals surface area contributed by atoms with Crippen LogP contribution in [0.4, 0.5) is 0 Å². The predicted molar refractivity (Wildman–Crippen MR) is 71.7 cm³/mol. The van der Waals surface area contributed by atoms with Crippen molar-refractivity contribution in [3.8, 4) is 11.5 Å². The molecule has 0 aromatic heterocycles. The number of ether oxygens (including phenoxy) is 1. The third kappa shape index (κ3) is 3.76. The number of nitrogens with two attached hydrogens (primary N) is 1. The molecule has 1 aromatic rings. The topological polar surface area (TPSA) is 79.9 Å². The Morgan fingerprint density at radius 2 is 2.41 bits per heavy atom. The number of nitrogens with one attached hydrogen (secondary N) is 1. The molecule has 92 valence electrons. The van der Waals surface area contributed by atoms with Crippen molar-refractivity contribution in [2.75, 3.05) is 7.11 Å². The number of hydrogen-bond acceptors (Lipinski definition) is 4. The molecule has 0 atom stereocenters. The van der Waals surface area contributed by atoms with Crippen LogP contribution in [-0.4, -0.2) is 23.5 Å². The van der Waals surface area contributed by atoms with Crippen LogP contribution in [0.25, 0.3) is 0 Å². The summed E-state index contributed by atoms with van der Waals surface area (Å²) in [5, 5.41) is 13.6. The van der Waals surface area contributed by atoms with Crippen LogP contribution in [-0.2, 0) is 5.88 Å². The number of nitrogens with zero attached hydrogens (tertiary/aromatic N) is 1. The van der Waals surface area contributed by atoms with Gasteiger partial charge in [0.2, 0.25) is 0 Å². The molecule has 0 saturated carbocycles. The molecule has 0 fully saturated rings. The largest absolute Gasteiger partial charge is 0.504 e. The van der Waals surface area contributed by atoms with Crippen LogP contribution in [0.15, 0.2) is 17.2 Å². The zero-order valence-electron chi connectivity index (χ0n) is 9.11. The molecule has 17 heavy (non-hydrogen) atoms. The van der Waals surface area contributed by atoms with Crippen LogP contribution < -0.4 is 15.9 Å². The van der Waals surface area contributed by atoms with Gasteiger partial charge >= 0.3 is 0 Å². The molecule has 0 saturated heterocycles. The van der Waals surface area contributed by atoms with Crippen LogP contribution in [0, 0.1) is 0 Å². The fraction of sp³-hybridized carbons (Fsp3) is 0.200. The Kier molecular flexibility index (Phi) is 4.99. The first-order valence-electron chi connectivity index (χ1n) is 4.62. The second-order valence-corrected chi connectivity index (χ2v) is 3.81. The van der Waals surface area contributed by atoms with Gasteiger partial charge in [-0.3, -0.25) is 5.43 Å². The van der Waals surface area contributed by atoms with E-state index in [2.05, 4.69) is 22.7 Å². The van der Waals surface area contributed by atoms with Gasteiger partial charge in [-0.15, -0.1) is 11.6 Å². The van der Waals surface area contributed by atoms with Gasteiger partial charge in [-0.2, -0.15) is 5.10 Å². The zero-order valence-corrected chi connectivity index (χ0v) is 10.7. The van der Waals surface area contributed by atoms with Gasteiger partial charge in [0, 0.05) is 5.56 Å². The van der Waals surface area contributed by atoms with E-state index in [0.717, 1.165) is 0 Å². The highest BCUT2D eigenvalue weighted by Crippen LogP contribution is 2.31. The number of phenolic OH excluding ortho intramolecular Hbond substituents is 1. The van der Waals surface area contributed by atoms with Gasteiger partial charge in [0.25, 0.3) is 0 Å². The zero-order chi connectivity index (χ0) is 12.8.